The van der Waals surface area contributed by atoms with E-state index in [1.54, 1.807) is 23.1 Å². The molecule has 2 aliphatic rings. The third kappa shape index (κ3) is 3.74. The van der Waals surface area contributed by atoms with E-state index in [1.165, 1.54) is 0 Å². The van der Waals surface area contributed by atoms with Crippen LogP contribution in [-0.2, 0) is 4.79 Å². The zero-order chi connectivity index (χ0) is 15.7. The van der Waals surface area contributed by atoms with Crippen LogP contribution in [0.3, 0.4) is 0 Å². The van der Waals surface area contributed by atoms with Gasteiger partial charge in [-0.1, -0.05) is 29.3 Å². The Morgan fingerprint density at radius 2 is 1.65 bits per heavy atom. The molecular weight excluding hydrogens is 361 g/mol. The average molecular weight is 379 g/mol. The molecule has 2 fully saturated rings. The molecule has 3 rings (SSSR count). The molecule has 0 atom stereocenters. The molecule has 1 N–H and O–H groups in total. The standard InChI is InChI=1S/C15H17Cl2N3O2.ClH/c16-12-3-1-2-11(13(12)17)15(22)20-6-4-19(5-7-20)14(21)10-8-18-9-10;/h1-3,10,18H,4-9H2;1H. The SMILES string of the molecule is Cl.O=C(c1cccc(Cl)c1Cl)N1CCN(C(=O)C2CNC2)CC1. The Bertz CT molecular complexity index is 600. The molecule has 0 aliphatic carbocycles. The summed E-state index contributed by atoms with van der Waals surface area (Å²) in [4.78, 5) is 28.3. The number of nitrogens with zero attached hydrogens (tertiary/aromatic N) is 2. The van der Waals surface area contributed by atoms with Gasteiger partial charge in [-0.2, -0.15) is 0 Å². The van der Waals surface area contributed by atoms with Gasteiger partial charge in [-0.05, 0) is 12.1 Å². The van der Waals surface area contributed by atoms with Crippen molar-refractivity contribution in [1.82, 2.24) is 15.1 Å². The predicted molar refractivity (Wildman–Crippen MR) is 92.6 cm³/mol. The maximum absolute atomic E-state index is 12.5. The summed E-state index contributed by atoms with van der Waals surface area (Å²) < 4.78 is 0. The van der Waals surface area contributed by atoms with Crippen molar-refractivity contribution in [2.45, 2.75) is 0 Å². The Hall–Kier alpha value is -1.01. The minimum Gasteiger partial charge on any atom is -0.339 e. The molecule has 23 heavy (non-hydrogen) atoms. The van der Waals surface area contributed by atoms with E-state index in [2.05, 4.69) is 5.32 Å². The first kappa shape index (κ1) is 18.3. The second kappa shape index (κ2) is 7.71. The van der Waals surface area contributed by atoms with Gasteiger partial charge in [0.15, 0.2) is 0 Å². The zero-order valence-electron chi connectivity index (χ0n) is 12.4. The summed E-state index contributed by atoms with van der Waals surface area (Å²) in [5.41, 5.74) is 0.414. The van der Waals surface area contributed by atoms with Gasteiger partial charge < -0.3 is 15.1 Å². The summed E-state index contributed by atoms with van der Waals surface area (Å²) in [5, 5.41) is 3.76. The monoisotopic (exact) mass is 377 g/mol. The van der Waals surface area contributed by atoms with Crippen LogP contribution < -0.4 is 5.32 Å². The fourth-order valence-electron chi connectivity index (χ4n) is 2.69. The molecule has 0 bridgehead atoms. The first-order valence-corrected chi connectivity index (χ1v) is 8.06. The number of carbonyl (C=O) groups excluding carboxylic acids is 2. The Kier molecular flexibility index (Phi) is 6.14. The first-order chi connectivity index (χ1) is 10.6. The minimum absolute atomic E-state index is 0. The molecule has 0 spiro atoms. The molecule has 5 nitrogen and oxygen atoms in total. The highest BCUT2D eigenvalue weighted by Gasteiger charge is 2.32. The molecule has 0 unspecified atom stereocenters. The first-order valence-electron chi connectivity index (χ1n) is 7.30. The van der Waals surface area contributed by atoms with Gasteiger partial charge in [0.05, 0.1) is 21.5 Å². The number of hydrogen-bond acceptors (Lipinski definition) is 3. The van der Waals surface area contributed by atoms with Crippen LogP contribution in [0.4, 0.5) is 0 Å². The number of hydrogen-bond donors (Lipinski definition) is 1. The van der Waals surface area contributed by atoms with E-state index < -0.39 is 0 Å². The number of rotatable bonds is 2. The van der Waals surface area contributed by atoms with Gasteiger partial charge in [0.25, 0.3) is 5.91 Å². The molecule has 0 radical (unpaired) electrons. The Morgan fingerprint density at radius 3 is 2.22 bits per heavy atom. The van der Waals surface area contributed by atoms with Crippen molar-refractivity contribution in [3.05, 3.63) is 33.8 Å². The topological polar surface area (TPSA) is 52.7 Å². The molecule has 126 valence electrons. The van der Waals surface area contributed by atoms with Crippen LogP contribution in [0.15, 0.2) is 18.2 Å². The van der Waals surface area contributed by atoms with E-state index in [4.69, 9.17) is 23.2 Å². The van der Waals surface area contributed by atoms with Crippen LogP contribution in [0.5, 0.6) is 0 Å². The fraction of sp³-hybridized carbons (Fsp3) is 0.467. The maximum atomic E-state index is 12.5. The van der Waals surface area contributed by atoms with Crippen LogP contribution in [0.25, 0.3) is 0 Å². The number of benzene rings is 1. The number of piperazine rings is 1. The summed E-state index contributed by atoms with van der Waals surface area (Å²) >= 11 is 12.1. The maximum Gasteiger partial charge on any atom is 0.255 e. The van der Waals surface area contributed by atoms with Crippen molar-refractivity contribution in [3.63, 3.8) is 0 Å². The van der Waals surface area contributed by atoms with E-state index in [1.807, 2.05) is 4.90 Å². The molecule has 0 saturated carbocycles. The summed E-state index contributed by atoms with van der Waals surface area (Å²) in [6.45, 7) is 3.70. The van der Waals surface area contributed by atoms with E-state index in [-0.39, 0.29) is 35.2 Å². The van der Waals surface area contributed by atoms with Crippen LogP contribution in [-0.4, -0.2) is 60.9 Å². The lowest BCUT2D eigenvalue weighted by Gasteiger charge is -2.38. The third-order valence-corrected chi connectivity index (χ3v) is 5.01. The molecule has 2 saturated heterocycles. The summed E-state index contributed by atoms with van der Waals surface area (Å²) in [5.74, 6) is 0.154. The van der Waals surface area contributed by atoms with Gasteiger partial charge in [0.2, 0.25) is 5.91 Å². The highest BCUT2D eigenvalue weighted by atomic mass is 35.5. The number of halogens is 3. The highest BCUT2D eigenvalue weighted by molar-refractivity contribution is 6.43. The highest BCUT2D eigenvalue weighted by Crippen LogP contribution is 2.26. The van der Waals surface area contributed by atoms with E-state index in [9.17, 15) is 9.59 Å². The fourth-order valence-corrected chi connectivity index (χ4v) is 3.07. The van der Waals surface area contributed by atoms with E-state index >= 15 is 0 Å². The van der Waals surface area contributed by atoms with Gasteiger partial charge in [0, 0.05) is 39.3 Å². The normalized spacial score (nSPS) is 18.2. The number of amides is 2. The molecule has 2 aliphatic heterocycles. The van der Waals surface area contributed by atoms with Crippen molar-refractivity contribution in [2.75, 3.05) is 39.3 Å². The van der Waals surface area contributed by atoms with Crippen LogP contribution in [0.1, 0.15) is 10.4 Å². The van der Waals surface area contributed by atoms with E-state index in [0.29, 0.717) is 36.8 Å². The lowest BCUT2D eigenvalue weighted by atomic mass is 10.0. The number of nitrogens with one attached hydrogen (secondary N) is 1. The lowest BCUT2D eigenvalue weighted by Crippen LogP contribution is -2.57. The van der Waals surface area contributed by atoms with Crippen molar-refractivity contribution in [1.29, 1.82) is 0 Å². The number of carbonyl (C=O) groups is 2. The second-order valence-electron chi connectivity index (χ2n) is 5.57. The van der Waals surface area contributed by atoms with Gasteiger partial charge in [-0.15, -0.1) is 12.4 Å². The molecule has 0 aromatic heterocycles. The molecule has 2 heterocycles. The van der Waals surface area contributed by atoms with Crippen LogP contribution in [0, 0.1) is 5.92 Å². The summed E-state index contributed by atoms with van der Waals surface area (Å²) in [6.07, 6.45) is 0. The minimum atomic E-state index is -0.134. The molecule has 1 aromatic carbocycles. The van der Waals surface area contributed by atoms with Crippen molar-refractivity contribution < 1.29 is 9.59 Å². The second-order valence-corrected chi connectivity index (χ2v) is 6.36. The zero-order valence-corrected chi connectivity index (χ0v) is 14.8. The van der Waals surface area contributed by atoms with Crippen LogP contribution >= 0.6 is 35.6 Å². The Balaban J connectivity index is 0.00000192. The van der Waals surface area contributed by atoms with Crippen molar-refractivity contribution in [2.24, 2.45) is 5.92 Å². The lowest BCUT2D eigenvalue weighted by molar-refractivity contribution is -0.138. The van der Waals surface area contributed by atoms with Crippen molar-refractivity contribution >= 4 is 47.4 Å². The summed E-state index contributed by atoms with van der Waals surface area (Å²) in [7, 11) is 0. The van der Waals surface area contributed by atoms with E-state index in [0.717, 1.165) is 13.1 Å². The van der Waals surface area contributed by atoms with Crippen molar-refractivity contribution in [3.8, 4) is 0 Å². The largest absolute Gasteiger partial charge is 0.339 e. The predicted octanol–water partition coefficient (Wildman–Crippen LogP) is 1.92. The smallest absolute Gasteiger partial charge is 0.255 e. The average Bonchev–Trinajstić information content (AvgIpc) is 2.48. The third-order valence-electron chi connectivity index (χ3n) is 4.19. The Morgan fingerprint density at radius 1 is 1.04 bits per heavy atom. The van der Waals surface area contributed by atoms with Gasteiger partial charge in [0.1, 0.15) is 0 Å². The molecule has 2 amide bonds. The quantitative estimate of drug-likeness (QED) is 0.855. The van der Waals surface area contributed by atoms with Gasteiger partial charge in [-0.25, -0.2) is 0 Å². The Labute approximate surface area is 151 Å². The molecule has 1 aromatic rings. The van der Waals surface area contributed by atoms with Crippen LogP contribution in [0.2, 0.25) is 10.0 Å². The summed E-state index contributed by atoms with van der Waals surface area (Å²) in [6, 6.07) is 5.04. The molecular formula is C15H18Cl3N3O2. The van der Waals surface area contributed by atoms with Gasteiger partial charge >= 0.3 is 0 Å². The molecule has 8 heteroatoms. The van der Waals surface area contributed by atoms with Gasteiger partial charge in [-0.3, -0.25) is 9.59 Å².